The van der Waals surface area contributed by atoms with Crippen LogP contribution in [0.2, 0.25) is 0 Å². The summed E-state index contributed by atoms with van der Waals surface area (Å²) in [5, 5.41) is 17.9. The van der Waals surface area contributed by atoms with Crippen LogP contribution in [-0.4, -0.2) is 20.1 Å². The Labute approximate surface area is 123 Å². The van der Waals surface area contributed by atoms with E-state index >= 15 is 0 Å². The standard InChI is InChI=1S/C17H17N3O/c1-13-11-14(8-10-17(13)21)7-9-15-12-20(19-18-15)16-5-3-2-4-6-16/h2-6,8,10-12,21H,7,9H2,1H3. The van der Waals surface area contributed by atoms with Crippen LogP contribution in [0.15, 0.2) is 54.7 Å². The van der Waals surface area contributed by atoms with Crippen LogP contribution in [0.4, 0.5) is 0 Å². The minimum Gasteiger partial charge on any atom is -0.508 e. The molecule has 1 aromatic heterocycles. The van der Waals surface area contributed by atoms with Gasteiger partial charge in [0.05, 0.1) is 17.6 Å². The number of phenolic OH excluding ortho intramolecular Hbond substituents is 1. The molecular weight excluding hydrogens is 262 g/mol. The highest BCUT2D eigenvalue weighted by Gasteiger charge is 2.04. The first-order valence-electron chi connectivity index (χ1n) is 6.97. The number of benzene rings is 2. The number of nitrogens with zero attached hydrogens (tertiary/aromatic N) is 3. The maximum atomic E-state index is 9.53. The van der Waals surface area contributed by atoms with Crippen LogP contribution in [-0.2, 0) is 12.8 Å². The van der Waals surface area contributed by atoms with Gasteiger partial charge in [-0.1, -0.05) is 35.5 Å². The van der Waals surface area contributed by atoms with Crippen molar-refractivity contribution >= 4 is 0 Å². The summed E-state index contributed by atoms with van der Waals surface area (Å²) in [5.74, 6) is 0.341. The van der Waals surface area contributed by atoms with E-state index < -0.39 is 0 Å². The van der Waals surface area contributed by atoms with E-state index in [1.54, 1.807) is 10.7 Å². The summed E-state index contributed by atoms with van der Waals surface area (Å²) < 4.78 is 1.79. The maximum Gasteiger partial charge on any atom is 0.118 e. The highest BCUT2D eigenvalue weighted by Crippen LogP contribution is 2.18. The largest absolute Gasteiger partial charge is 0.508 e. The highest BCUT2D eigenvalue weighted by atomic mass is 16.3. The summed E-state index contributed by atoms with van der Waals surface area (Å²) in [6.07, 6.45) is 3.67. The molecule has 0 saturated carbocycles. The first kappa shape index (κ1) is 13.4. The Bertz CT molecular complexity index is 735. The predicted octanol–water partition coefficient (Wildman–Crippen LogP) is 3.07. The van der Waals surface area contributed by atoms with Gasteiger partial charge in [-0.05, 0) is 49.1 Å². The molecule has 0 atom stereocenters. The number of phenols is 1. The molecule has 0 bridgehead atoms. The molecule has 3 rings (SSSR count). The van der Waals surface area contributed by atoms with Crippen molar-refractivity contribution in [3.8, 4) is 11.4 Å². The van der Waals surface area contributed by atoms with Crippen molar-refractivity contribution in [3.05, 3.63) is 71.5 Å². The number of aryl methyl sites for hydroxylation is 3. The molecule has 21 heavy (non-hydrogen) atoms. The first-order chi connectivity index (χ1) is 10.2. The Balaban J connectivity index is 1.69. The molecule has 4 heteroatoms. The van der Waals surface area contributed by atoms with E-state index in [0.29, 0.717) is 5.75 Å². The van der Waals surface area contributed by atoms with E-state index in [1.807, 2.05) is 55.6 Å². The number of aromatic hydroxyl groups is 1. The van der Waals surface area contributed by atoms with Gasteiger partial charge in [0.25, 0.3) is 0 Å². The molecule has 0 amide bonds. The van der Waals surface area contributed by atoms with Crippen molar-refractivity contribution in [1.82, 2.24) is 15.0 Å². The van der Waals surface area contributed by atoms with Gasteiger partial charge in [-0.15, -0.1) is 5.10 Å². The zero-order valence-electron chi connectivity index (χ0n) is 11.9. The summed E-state index contributed by atoms with van der Waals surface area (Å²) in [6, 6.07) is 15.6. The van der Waals surface area contributed by atoms with Gasteiger partial charge in [0.15, 0.2) is 0 Å². The van der Waals surface area contributed by atoms with E-state index in [2.05, 4.69) is 10.3 Å². The third-order valence-electron chi connectivity index (χ3n) is 3.49. The Hall–Kier alpha value is -2.62. The molecular formula is C17H17N3O. The fraction of sp³-hybridized carbons (Fsp3) is 0.176. The van der Waals surface area contributed by atoms with E-state index in [-0.39, 0.29) is 0 Å². The van der Waals surface area contributed by atoms with Gasteiger partial charge in [0.1, 0.15) is 5.75 Å². The van der Waals surface area contributed by atoms with E-state index in [4.69, 9.17) is 0 Å². The van der Waals surface area contributed by atoms with Crippen LogP contribution in [0.5, 0.6) is 5.75 Å². The minimum atomic E-state index is 0.341. The molecule has 0 fully saturated rings. The normalized spacial score (nSPS) is 10.7. The molecule has 106 valence electrons. The van der Waals surface area contributed by atoms with E-state index in [0.717, 1.165) is 29.8 Å². The zero-order valence-corrected chi connectivity index (χ0v) is 11.9. The van der Waals surface area contributed by atoms with Gasteiger partial charge >= 0.3 is 0 Å². The SMILES string of the molecule is Cc1cc(CCc2cn(-c3ccccc3)nn2)ccc1O. The smallest absolute Gasteiger partial charge is 0.118 e. The molecule has 0 saturated heterocycles. The highest BCUT2D eigenvalue weighted by molar-refractivity contribution is 5.35. The number of para-hydroxylation sites is 1. The number of rotatable bonds is 4. The Morgan fingerprint density at radius 1 is 1.05 bits per heavy atom. The number of hydrogen-bond donors (Lipinski definition) is 1. The monoisotopic (exact) mass is 279 g/mol. The van der Waals surface area contributed by atoms with Crippen molar-refractivity contribution in [2.75, 3.05) is 0 Å². The van der Waals surface area contributed by atoms with Crippen molar-refractivity contribution in [3.63, 3.8) is 0 Å². The second kappa shape index (κ2) is 5.79. The Morgan fingerprint density at radius 3 is 2.62 bits per heavy atom. The summed E-state index contributed by atoms with van der Waals surface area (Å²) in [7, 11) is 0. The fourth-order valence-corrected chi connectivity index (χ4v) is 2.27. The lowest BCUT2D eigenvalue weighted by atomic mass is 10.1. The molecule has 4 nitrogen and oxygen atoms in total. The Morgan fingerprint density at radius 2 is 1.86 bits per heavy atom. The maximum absolute atomic E-state index is 9.53. The molecule has 0 aliphatic heterocycles. The lowest BCUT2D eigenvalue weighted by Crippen LogP contribution is -1.93. The van der Waals surface area contributed by atoms with Crippen LogP contribution in [0.25, 0.3) is 5.69 Å². The zero-order chi connectivity index (χ0) is 14.7. The number of hydrogen-bond acceptors (Lipinski definition) is 3. The van der Waals surface area contributed by atoms with Gasteiger partial charge in [0.2, 0.25) is 0 Å². The molecule has 0 spiro atoms. The molecule has 2 aromatic carbocycles. The molecule has 0 unspecified atom stereocenters. The average molecular weight is 279 g/mol. The van der Waals surface area contributed by atoms with Crippen LogP contribution in [0.3, 0.4) is 0 Å². The van der Waals surface area contributed by atoms with Crippen LogP contribution in [0.1, 0.15) is 16.8 Å². The molecule has 3 aromatic rings. The van der Waals surface area contributed by atoms with Gasteiger partial charge in [0, 0.05) is 0 Å². The van der Waals surface area contributed by atoms with Crippen molar-refractivity contribution in [1.29, 1.82) is 0 Å². The lowest BCUT2D eigenvalue weighted by Gasteiger charge is -2.03. The summed E-state index contributed by atoms with van der Waals surface area (Å²) >= 11 is 0. The Kier molecular flexibility index (Phi) is 3.69. The van der Waals surface area contributed by atoms with Crippen LogP contribution >= 0.6 is 0 Å². The van der Waals surface area contributed by atoms with Gasteiger partial charge < -0.3 is 5.11 Å². The molecule has 1 N–H and O–H groups in total. The fourth-order valence-electron chi connectivity index (χ4n) is 2.27. The van der Waals surface area contributed by atoms with Crippen molar-refractivity contribution in [2.45, 2.75) is 19.8 Å². The van der Waals surface area contributed by atoms with Crippen molar-refractivity contribution < 1.29 is 5.11 Å². The third kappa shape index (κ3) is 3.11. The van der Waals surface area contributed by atoms with Crippen LogP contribution in [0, 0.1) is 6.92 Å². The van der Waals surface area contributed by atoms with Crippen LogP contribution < -0.4 is 0 Å². The van der Waals surface area contributed by atoms with Gasteiger partial charge in [-0.25, -0.2) is 4.68 Å². The first-order valence-corrected chi connectivity index (χ1v) is 6.97. The second-order valence-corrected chi connectivity index (χ2v) is 5.11. The number of aromatic nitrogens is 3. The molecule has 0 aliphatic carbocycles. The van der Waals surface area contributed by atoms with E-state index in [1.165, 1.54) is 5.56 Å². The third-order valence-corrected chi connectivity index (χ3v) is 3.49. The van der Waals surface area contributed by atoms with E-state index in [9.17, 15) is 5.11 Å². The minimum absolute atomic E-state index is 0.341. The quantitative estimate of drug-likeness (QED) is 0.798. The average Bonchev–Trinajstić information content (AvgIpc) is 2.98. The van der Waals surface area contributed by atoms with Gasteiger partial charge in [-0.3, -0.25) is 0 Å². The van der Waals surface area contributed by atoms with Gasteiger partial charge in [-0.2, -0.15) is 0 Å². The molecule has 0 radical (unpaired) electrons. The lowest BCUT2D eigenvalue weighted by molar-refractivity contribution is 0.471. The summed E-state index contributed by atoms with van der Waals surface area (Å²) in [4.78, 5) is 0. The predicted molar refractivity (Wildman–Crippen MR) is 81.6 cm³/mol. The van der Waals surface area contributed by atoms with Crippen molar-refractivity contribution in [2.24, 2.45) is 0 Å². The topological polar surface area (TPSA) is 50.9 Å². The summed E-state index contributed by atoms with van der Waals surface area (Å²) in [6.45, 7) is 1.91. The second-order valence-electron chi connectivity index (χ2n) is 5.11. The molecule has 1 heterocycles. The summed E-state index contributed by atoms with van der Waals surface area (Å²) in [5.41, 5.74) is 4.07. The molecule has 0 aliphatic rings.